The molecule has 0 bridgehead atoms. The van der Waals surface area contributed by atoms with Gasteiger partial charge in [0.25, 0.3) is 11.6 Å². The van der Waals surface area contributed by atoms with Crippen molar-refractivity contribution in [2.24, 2.45) is 11.8 Å². The molecule has 10 nitrogen and oxygen atoms in total. The summed E-state index contributed by atoms with van der Waals surface area (Å²) in [6, 6.07) is 4.27. The van der Waals surface area contributed by atoms with Crippen LogP contribution < -0.4 is 10.6 Å². The highest BCUT2D eigenvalue weighted by Crippen LogP contribution is 2.30. The molecule has 2 N–H and O–H groups in total. The van der Waals surface area contributed by atoms with E-state index in [1.807, 2.05) is 22.9 Å². The number of nitrogens with zero attached hydrogens (tertiary/aromatic N) is 8. The summed E-state index contributed by atoms with van der Waals surface area (Å²) < 4.78 is 3.75. The standard InChI is InChI=1S/2C12H17N5.2CH4/c2*1-8-3-4-13-6-10(8)11-5-9(2)16-12-14-7-15-17(11)12;;/h2*5,7-8,10,13H,3-4,6H2,1-2H3;2*1H4/t2*8-,10-;;/m10../s1. The Hall–Kier alpha value is -2.98. The molecule has 0 radical (unpaired) electrons. The first-order valence-corrected chi connectivity index (χ1v) is 12.3. The number of nitrogens with one attached hydrogen (secondary N) is 2. The Morgan fingerprint density at radius 3 is 1.53 bits per heavy atom. The van der Waals surface area contributed by atoms with Gasteiger partial charge in [0, 0.05) is 36.3 Å². The molecular formula is C26H42N10. The zero-order valence-corrected chi connectivity index (χ0v) is 20.4. The van der Waals surface area contributed by atoms with Crippen molar-refractivity contribution in [1.82, 2.24) is 49.8 Å². The second kappa shape index (κ2) is 11.8. The van der Waals surface area contributed by atoms with Gasteiger partial charge in [-0.05, 0) is 63.7 Å². The van der Waals surface area contributed by atoms with Crippen LogP contribution in [0.3, 0.4) is 0 Å². The van der Waals surface area contributed by atoms with Gasteiger partial charge in [-0.1, -0.05) is 28.7 Å². The minimum absolute atomic E-state index is 0. The maximum atomic E-state index is 4.39. The van der Waals surface area contributed by atoms with Gasteiger partial charge in [-0.2, -0.15) is 20.2 Å². The zero-order valence-electron chi connectivity index (χ0n) is 20.4. The summed E-state index contributed by atoms with van der Waals surface area (Å²) in [5.41, 5.74) is 4.48. The molecule has 2 fully saturated rings. The van der Waals surface area contributed by atoms with Gasteiger partial charge in [-0.15, -0.1) is 0 Å². The first kappa shape index (κ1) is 27.6. The maximum absolute atomic E-state index is 4.39. The summed E-state index contributed by atoms with van der Waals surface area (Å²) >= 11 is 0. The van der Waals surface area contributed by atoms with Crippen LogP contribution >= 0.6 is 0 Å². The first-order valence-electron chi connectivity index (χ1n) is 12.3. The van der Waals surface area contributed by atoms with Crippen LogP contribution in [0.5, 0.6) is 0 Å². The fraction of sp³-hybridized carbons (Fsp3) is 0.615. The normalized spacial score (nSPS) is 23.9. The van der Waals surface area contributed by atoms with E-state index in [1.165, 1.54) is 24.2 Å². The fourth-order valence-electron chi connectivity index (χ4n) is 5.22. The van der Waals surface area contributed by atoms with E-state index in [0.29, 0.717) is 35.2 Å². The molecule has 6 rings (SSSR count). The summed E-state index contributed by atoms with van der Waals surface area (Å²) in [6.07, 6.45) is 5.57. The summed E-state index contributed by atoms with van der Waals surface area (Å²) in [5.74, 6) is 3.75. The van der Waals surface area contributed by atoms with E-state index in [1.54, 1.807) is 12.7 Å². The Kier molecular flexibility index (Phi) is 9.08. The lowest BCUT2D eigenvalue weighted by Gasteiger charge is -2.29. The number of hydrogen-bond acceptors (Lipinski definition) is 8. The molecule has 0 saturated carbocycles. The molecule has 4 aromatic heterocycles. The van der Waals surface area contributed by atoms with E-state index >= 15 is 0 Å². The number of aryl methyl sites for hydroxylation is 2. The van der Waals surface area contributed by atoms with Gasteiger partial charge < -0.3 is 10.6 Å². The van der Waals surface area contributed by atoms with Gasteiger partial charge >= 0.3 is 0 Å². The van der Waals surface area contributed by atoms with E-state index in [-0.39, 0.29) is 14.9 Å². The summed E-state index contributed by atoms with van der Waals surface area (Å²) in [6.45, 7) is 12.9. The minimum Gasteiger partial charge on any atom is -0.316 e. The van der Waals surface area contributed by atoms with Crippen LogP contribution in [0.25, 0.3) is 11.6 Å². The zero-order chi connectivity index (χ0) is 23.7. The van der Waals surface area contributed by atoms with Crippen molar-refractivity contribution < 1.29 is 0 Å². The average Bonchev–Trinajstić information content (AvgIpc) is 3.48. The Morgan fingerprint density at radius 2 is 1.14 bits per heavy atom. The van der Waals surface area contributed by atoms with Crippen LogP contribution in [0.2, 0.25) is 0 Å². The van der Waals surface area contributed by atoms with Crippen LogP contribution in [-0.4, -0.2) is 65.3 Å². The number of hydrogen-bond donors (Lipinski definition) is 2. The third-order valence-corrected chi connectivity index (χ3v) is 7.23. The van der Waals surface area contributed by atoms with E-state index in [9.17, 15) is 0 Å². The third-order valence-electron chi connectivity index (χ3n) is 7.23. The highest BCUT2D eigenvalue weighted by Gasteiger charge is 2.26. The van der Waals surface area contributed by atoms with Crippen molar-refractivity contribution in [2.75, 3.05) is 26.2 Å². The van der Waals surface area contributed by atoms with Crippen molar-refractivity contribution in [3.05, 3.63) is 47.6 Å². The predicted molar refractivity (Wildman–Crippen MR) is 143 cm³/mol. The molecule has 36 heavy (non-hydrogen) atoms. The molecule has 0 amide bonds. The summed E-state index contributed by atoms with van der Waals surface area (Å²) in [7, 11) is 0. The van der Waals surface area contributed by atoms with E-state index < -0.39 is 0 Å². The molecule has 2 aliphatic heterocycles. The monoisotopic (exact) mass is 494 g/mol. The number of piperidine rings is 2. The Morgan fingerprint density at radius 1 is 0.722 bits per heavy atom. The quantitative estimate of drug-likeness (QED) is 0.435. The molecular weight excluding hydrogens is 452 g/mol. The van der Waals surface area contributed by atoms with Crippen LogP contribution in [-0.2, 0) is 0 Å². The molecule has 0 spiro atoms. The third kappa shape index (κ3) is 5.54. The highest BCUT2D eigenvalue weighted by atomic mass is 15.3. The molecule has 2 aliphatic rings. The number of fused-ring (bicyclic) bond motifs is 2. The van der Waals surface area contributed by atoms with Gasteiger partial charge in [0.05, 0.1) is 11.4 Å². The lowest BCUT2D eigenvalue weighted by molar-refractivity contribution is 0.338. The van der Waals surface area contributed by atoms with E-state index in [2.05, 4.69) is 66.7 Å². The Balaban J connectivity index is 0.000000190. The summed E-state index contributed by atoms with van der Waals surface area (Å²) in [4.78, 5) is 17.1. The van der Waals surface area contributed by atoms with Crippen LogP contribution in [0.15, 0.2) is 24.8 Å². The van der Waals surface area contributed by atoms with Gasteiger partial charge in [-0.3, -0.25) is 0 Å². The van der Waals surface area contributed by atoms with Crippen LogP contribution in [0, 0.1) is 25.7 Å². The van der Waals surface area contributed by atoms with Gasteiger partial charge in [0.1, 0.15) is 12.7 Å². The maximum Gasteiger partial charge on any atom is 0.252 e. The molecule has 6 heterocycles. The smallest absolute Gasteiger partial charge is 0.252 e. The molecule has 2 saturated heterocycles. The molecule has 4 atom stereocenters. The fourth-order valence-corrected chi connectivity index (χ4v) is 5.22. The molecule has 0 aromatic carbocycles. The van der Waals surface area contributed by atoms with Crippen LogP contribution in [0.1, 0.15) is 76.2 Å². The predicted octanol–water partition coefficient (Wildman–Crippen LogP) is 3.56. The topological polar surface area (TPSA) is 110 Å². The lowest BCUT2D eigenvalue weighted by Crippen LogP contribution is -2.35. The lowest BCUT2D eigenvalue weighted by atomic mass is 9.85. The second-order valence-electron chi connectivity index (χ2n) is 9.74. The number of aromatic nitrogens is 8. The number of rotatable bonds is 2. The highest BCUT2D eigenvalue weighted by molar-refractivity contribution is 5.33. The molecule has 196 valence electrons. The van der Waals surface area contributed by atoms with Gasteiger partial charge in [0.15, 0.2) is 0 Å². The molecule has 0 aliphatic carbocycles. The SMILES string of the molecule is C.C.Cc1cc([C@@H]2CNCC[C@H]2C)n2ncnc2n1.Cc1cc([C@H]2CNCC[C@@H]2C)n2ncnc2n1. The minimum atomic E-state index is 0. The van der Waals surface area contributed by atoms with E-state index in [4.69, 9.17) is 0 Å². The van der Waals surface area contributed by atoms with Crippen LogP contribution in [0.4, 0.5) is 0 Å². The van der Waals surface area contributed by atoms with Crippen molar-refractivity contribution in [1.29, 1.82) is 0 Å². The largest absolute Gasteiger partial charge is 0.316 e. The van der Waals surface area contributed by atoms with Crippen molar-refractivity contribution in [3.63, 3.8) is 0 Å². The van der Waals surface area contributed by atoms with Crippen molar-refractivity contribution >= 4 is 11.6 Å². The summed E-state index contributed by atoms with van der Waals surface area (Å²) in [5, 5.41) is 15.5. The van der Waals surface area contributed by atoms with Crippen molar-refractivity contribution in [2.45, 2.75) is 67.2 Å². The molecule has 10 heteroatoms. The van der Waals surface area contributed by atoms with E-state index in [0.717, 1.165) is 37.6 Å². The second-order valence-corrected chi connectivity index (χ2v) is 9.74. The van der Waals surface area contributed by atoms with Gasteiger partial charge in [0.2, 0.25) is 0 Å². The van der Waals surface area contributed by atoms with Crippen molar-refractivity contribution in [3.8, 4) is 0 Å². The van der Waals surface area contributed by atoms with Gasteiger partial charge in [-0.25, -0.2) is 19.0 Å². The molecule has 4 aromatic rings. The molecule has 0 unspecified atom stereocenters. The Bertz CT molecular complexity index is 1160. The Labute approximate surface area is 214 Å². The first-order chi connectivity index (χ1) is 16.5. The average molecular weight is 495 g/mol.